The number of anilines is 2. The van der Waals surface area contributed by atoms with Crippen molar-refractivity contribution >= 4 is 28.2 Å². The molecular weight excluding hydrogens is 410 g/mol. The van der Waals surface area contributed by atoms with Gasteiger partial charge >= 0.3 is 0 Å². The smallest absolute Gasteiger partial charge is 0.167 e. The van der Waals surface area contributed by atoms with Gasteiger partial charge in [0, 0.05) is 29.1 Å². The highest BCUT2D eigenvalue weighted by Crippen LogP contribution is 2.35. The Hall–Kier alpha value is -4.38. The second-order valence-electron chi connectivity index (χ2n) is 7.68. The Bertz CT molecular complexity index is 1340. The molecule has 2 saturated heterocycles. The van der Waals surface area contributed by atoms with Gasteiger partial charge in [-0.1, -0.05) is 5.11 Å². The van der Waals surface area contributed by atoms with Crippen LogP contribution in [0.25, 0.3) is 27.3 Å². The Labute approximate surface area is 182 Å². The average Bonchev–Trinajstić information content (AvgIpc) is 3.54. The summed E-state index contributed by atoms with van der Waals surface area (Å²) in [7, 11) is 0. The second-order valence-corrected chi connectivity index (χ2v) is 7.68. The number of pyridine rings is 2. The molecule has 158 valence electrons. The van der Waals surface area contributed by atoms with Gasteiger partial charge in [-0.25, -0.2) is 9.97 Å². The predicted octanol–water partition coefficient (Wildman–Crippen LogP) is 2.93. The number of morpholine rings is 1. The third kappa shape index (κ3) is 3.20. The number of fused-ring (bicyclic) bond motifs is 3. The van der Waals surface area contributed by atoms with Crippen molar-refractivity contribution in [2.24, 2.45) is 5.11 Å². The second kappa shape index (κ2) is 7.71. The van der Waals surface area contributed by atoms with Crippen LogP contribution in [0.4, 0.5) is 17.2 Å². The molecule has 0 radical (unpaired) electrons. The van der Waals surface area contributed by atoms with Gasteiger partial charge in [-0.15, -0.1) is 0 Å². The molecular formula is C20H17N11O. The maximum Gasteiger partial charge on any atom is 0.167 e. The third-order valence-electron chi connectivity index (χ3n) is 5.62. The van der Waals surface area contributed by atoms with Crippen LogP contribution < -0.4 is 10.2 Å². The van der Waals surface area contributed by atoms with E-state index in [2.05, 4.69) is 42.5 Å². The molecule has 0 spiro atoms. The molecule has 3 atom stereocenters. The Kier molecular flexibility index (Phi) is 4.71. The van der Waals surface area contributed by atoms with E-state index in [1.165, 1.54) is 6.20 Å². The summed E-state index contributed by atoms with van der Waals surface area (Å²) >= 11 is 0. The standard InChI is InChI=1S/C20H17N11O/c1-11(5-21)26-16-4-18(24-8-17(16)28-29-23)31-20-13(7-25-31)2-12(6-22)19(27-20)30-9-15-3-14(30)10-32-15/h2,4,7-8,11,14-15H,3,9-10H2,1H3,(H,24,26)/t11?,14-,15-/m1/s1. The van der Waals surface area contributed by atoms with E-state index in [0.29, 0.717) is 47.1 Å². The first kappa shape index (κ1) is 19.6. The predicted molar refractivity (Wildman–Crippen MR) is 114 cm³/mol. The van der Waals surface area contributed by atoms with Gasteiger partial charge in [0.25, 0.3) is 0 Å². The van der Waals surface area contributed by atoms with E-state index >= 15 is 0 Å². The molecule has 2 bridgehead atoms. The maximum absolute atomic E-state index is 9.70. The minimum Gasteiger partial charge on any atom is -0.374 e. The molecule has 12 nitrogen and oxygen atoms in total. The zero-order chi connectivity index (χ0) is 22.2. The van der Waals surface area contributed by atoms with E-state index in [-0.39, 0.29) is 17.8 Å². The lowest BCUT2D eigenvalue weighted by Crippen LogP contribution is -2.38. The highest BCUT2D eigenvalue weighted by Gasteiger charge is 2.40. The fourth-order valence-electron chi connectivity index (χ4n) is 4.14. The van der Waals surface area contributed by atoms with Crippen LogP contribution in [-0.4, -0.2) is 51.1 Å². The zero-order valence-corrected chi connectivity index (χ0v) is 17.0. The molecule has 2 fully saturated rings. The summed E-state index contributed by atoms with van der Waals surface area (Å²) < 4.78 is 7.25. The van der Waals surface area contributed by atoms with Gasteiger partial charge in [0.1, 0.15) is 17.9 Å². The van der Waals surface area contributed by atoms with Gasteiger partial charge in [-0.05, 0) is 24.9 Å². The molecule has 3 aromatic heterocycles. The minimum absolute atomic E-state index is 0.166. The van der Waals surface area contributed by atoms with Gasteiger partial charge < -0.3 is 15.0 Å². The van der Waals surface area contributed by atoms with E-state index in [4.69, 9.17) is 20.5 Å². The number of nitriles is 2. The topological polar surface area (TPSA) is 164 Å². The van der Waals surface area contributed by atoms with E-state index in [0.717, 1.165) is 6.42 Å². The van der Waals surface area contributed by atoms with Gasteiger partial charge in [-0.3, -0.25) is 0 Å². The molecule has 32 heavy (non-hydrogen) atoms. The van der Waals surface area contributed by atoms with E-state index in [1.807, 2.05) is 0 Å². The van der Waals surface area contributed by atoms with Crippen molar-refractivity contribution in [2.75, 3.05) is 23.4 Å². The van der Waals surface area contributed by atoms with Crippen molar-refractivity contribution in [3.8, 4) is 18.0 Å². The van der Waals surface area contributed by atoms with Crippen LogP contribution in [0.1, 0.15) is 18.9 Å². The quantitative estimate of drug-likeness (QED) is 0.369. The minimum atomic E-state index is -0.511. The largest absolute Gasteiger partial charge is 0.374 e. The number of hydrogen-bond acceptors (Lipinski definition) is 9. The van der Waals surface area contributed by atoms with Crippen molar-refractivity contribution in [3.05, 3.63) is 40.5 Å². The van der Waals surface area contributed by atoms with Crippen LogP contribution >= 0.6 is 0 Å². The summed E-state index contributed by atoms with van der Waals surface area (Å²) in [6.45, 7) is 3.02. The number of rotatable bonds is 5. The lowest BCUT2D eigenvalue weighted by atomic mass is 10.2. The molecule has 1 N–H and O–H groups in total. The van der Waals surface area contributed by atoms with Crippen LogP contribution in [0.15, 0.2) is 29.6 Å². The van der Waals surface area contributed by atoms with Gasteiger partial charge in [0.2, 0.25) is 0 Å². The Morgan fingerprint density at radius 2 is 2.25 bits per heavy atom. The van der Waals surface area contributed by atoms with Crippen LogP contribution in [0.2, 0.25) is 0 Å². The van der Waals surface area contributed by atoms with Crippen LogP contribution in [0, 0.1) is 22.7 Å². The molecule has 0 aromatic carbocycles. The first-order valence-corrected chi connectivity index (χ1v) is 10.00. The van der Waals surface area contributed by atoms with Crippen molar-refractivity contribution < 1.29 is 4.74 Å². The SMILES string of the molecule is CC(C#N)Nc1cc(-n2ncc3cc(C#N)c(N4C[C@H]5C[C@@H]4CO5)nc32)ncc1N=[N+]=[N-]. The number of nitrogens with one attached hydrogen (secondary N) is 1. The molecule has 2 aliphatic rings. The zero-order valence-electron chi connectivity index (χ0n) is 17.0. The Morgan fingerprint density at radius 1 is 1.38 bits per heavy atom. The molecule has 5 rings (SSSR count). The number of aromatic nitrogens is 4. The van der Waals surface area contributed by atoms with E-state index in [1.54, 1.807) is 29.9 Å². The summed E-state index contributed by atoms with van der Waals surface area (Å²) in [6.07, 6.45) is 4.13. The van der Waals surface area contributed by atoms with Crippen molar-refractivity contribution in [3.63, 3.8) is 0 Å². The molecule has 2 aliphatic heterocycles. The van der Waals surface area contributed by atoms with Gasteiger partial charge in [0.15, 0.2) is 11.5 Å². The molecule has 0 amide bonds. The summed E-state index contributed by atoms with van der Waals surface area (Å²) in [5.74, 6) is 1.04. The first-order chi connectivity index (χ1) is 15.6. The van der Waals surface area contributed by atoms with Gasteiger partial charge in [0.05, 0.1) is 48.0 Å². The molecule has 3 aromatic rings. The van der Waals surface area contributed by atoms with Crippen LogP contribution in [-0.2, 0) is 4.74 Å². The lowest BCUT2D eigenvalue weighted by molar-refractivity contribution is 0.0989. The van der Waals surface area contributed by atoms with Crippen LogP contribution in [0.5, 0.6) is 0 Å². The number of azide groups is 1. The molecule has 1 unspecified atom stereocenters. The maximum atomic E-state index is 9.70. The Morgan fingerprint density at radius 3 is 2.94 bits per heavy atom. The fourth-order valence-corrected chi connectivity index (χ4v) is 4.14. The van der Waals surface area contributed by atoms with Crippen molar-refractivity contribution in [1.82, 2.24) is 19.7 Å². The average molecular weight is 427 g/mol. The molecule has 0 aliphatic carbocycles. The molecule has 0 saturated carbocycles. The summed E-state index contributed by atoms with van der Waals surface area (Å²) in [5.41, 5.74) is 10.6. The number of hydrogen-bond donors (Lipinski definition) is 1. The molecule has 5 heterocycles. The fraction of sp³-hybridized carbons (Fsp3) is 0.350. The van der Waals surface area contributed by atoms with Crippen LogP contribution in [0.3, 0.4) is 0 Å². The monoisotopic (exact) mass is 427 g/mol. The van der Waals surface area contributed by atoms with Crippen molar-refractivity contribution in [2.45, 2.75) is 31.5 Å². The Balaban J connectivity index is 1.61. The molecule has 12 heteroatoms. The normalized spacial score (nSPS) is 19.9. The highest BCUT2D eigenvalue weighted by atomic mass is 16.5. The first-order valence-electron chi connectivity index (χ1n) is 10.00. The van der Waals surface area contributed by atoms with E-state index < -0.39 is 6.04 Å². The summed E-state index contributed by atoms with van der Waals surface area (Å²) in [5, 5.41) is 30.6. The van der Waals surface area contributed by atoms with Crippen molar-refractivity contribution in [1.29, 1.82) is 10.5 Å². The summed E-state index contributed by atoms with van der Waals surface area (Å²) in [6, 6.07) is 7.45. The van der Waals surface area contributed by atoms with Gasteiger partial charge in [-0.2, -0.15) is 20.3 Å². The summed E-state index contributed by atoms with van der Waals surface area (Å²) in [4.78, 5) is 14.1. The number of nitrogens with zero attached hydrogens (tertiary/aromatic N) is 10. The lowest BCUT2D eigenvalue weighted by Gasteiger charge is -2.28. The van der Waals surface area contributed by atoms with E-state index in [9.17, 15) is 5.26 Å². The third-order valence-corrected chi connectivity index (χ3v) is 5.62. The highest BCUT2D eigenvalue weighted by molar-refractivity contribution is 5.82. The number of ether oxygens (including phenoxy) is 1.